The predicted octanol–water partition coefficient (Wildman–Crippen LogP) is 2.41. The summed E-state index contributed by atoms with van der Waals surface area (Å²) in [4.78, 5) is 4.91. The lowest BCUT2D eigenvalue weighted by molar-refractivity contribution is 0.0409. The SMILES string of the molecule is CC(C)C[C@@H](F)COCCN1CCN(C(C)C)CC1. The average molecular weight is 274 g/mol. The van der Waals surface area contributed by atoms with Crippen LogP contribution in [0.2, 0.25) is 0 Å². The summed E-state index contributed by atoms with van der Waals surface area (Å²) in [5.41, 5.74) is 0. The lowest BCUT2D eigenvalue weighted by Crippen LogP contribution is -2.49. The summed E-state index contributed by atoms with van der Waals surface area (Å²) in [6.07, 6.45) is -0.203. The maximum atomic E-state index is 13.4. The zero-order chi connectivity index (χ0) is 14.3. The second-order valence-corrected chi connectivity index (χ2v) is 6.27. The van der Waals surface area contributed by atoms with Crippen molar-refractivity contribution < 1.29 is 9.13 Å². The first-order valence-corrected chi connectivity index (χ1v) is 7.67. The number of halogens is 1. The van der Waals surface area contributed by atoms with Crippen molar-refractivity contribution in [1.82, 2.24) is 9.80 Å². The summed E-state index contributed by atoms with van der Waals surface area (Å²) in [5, 5.41) is 0. The van der Waals surface area contributed by atoms with Gasteiger partial charge >= 0.3 is 0 Å². The molecular weight excluding hydrogens is 243 g/mol. The molecule has 0 aromatic heterocycles. The Labute approximate surface area is 118 Å². The molecular formula is C15H31FN2O. The van der Waals surface area contributed by atoms with E-state index in [0.717, 1.165) is 32.7 Å². The highest BCUT2D eigenvalue weighted by Gasteiger charge is 2.18. The molecule has 1 fully saturated rings. The second-order valence-electron chi connectivity index (χ2n) is 6.27. The zero-order valence-corrected chi connectivity index (χ0v) is 13.1. The smallest absolute Gasteiger partial charge is 0.124 e. The molecule has 0 amide bonds. The molecule has 19 heavy (non-hydrogen) atoms. The predicted molar refractivity (Wildman–Crippen MR) is 78.3 cm³/mol. The Kier molecular flexibility index (Phi) is 7.88. The number of alkyl halides is 1. The van der Waals surface area contributed by atoms with Gasteiger partial charge in [-0.05, 0) is 26.2 Å². The minimum absolute atomic E-state index is 0.254. The van der Waals surface area contributed by atoms with Crippen LogP contribution in [-0.2, 0) is 4.74 Å². The fraction of sp³-hybridized carbons (Fsp3) is 1.00. The first-order chi connectivity index (χ1) is 8.99. The summed E-state index contributed by atoms with van der Waals surface area (Å²) in [6.45, 7) is 14.9. The van der Waals surface area contributed by atoms with Crippen LogP contribution in [0.1, 0.15) is 34.1 Å². The fourth-order valence-corrected chi connectivity index (χ4v) is 2.49. The molecule has 0 spiro atoms. The van der Waals surface area contributed by atoms with Gasteiger partial charge in [0.1, 0.15) is 6.17 Å². The van der Waals surface area contributed by atoms with Crippen molar-refractivity contribution in [1.29, 1.82) is 0 Å². The number of nitrogens with zero attached hydrogens (tertiary/aromatic N) is 2. The van der Waals surface area contributed by atoms with Gasteiger partial charge in [0, 0.05) is 38.8 Å². The van der Waals surface area contributed by atoms with Gasteiger partial charge in [0.15, 0.2) is 0 Å². The molecule has 4 heteroatoms. The summed E-state index contributed by atoms with van der Waals surface area (Å²) >= 11 is 0. The third-order valence-electron chi connectivity index (χ3n) is 3.71. The first kappa shape index (κ1) is 16.9. The van der Waals surface area contributed by atoms with Gasteiger partial charge in [-0.25, -0.2) is 4.39 Å². The van der Waals surface area contributed by atoms with Crippen molar-refractivity contribution in [3.63, 3.8) is 0 Å². The molecule has 0 radical (unpaired) electrons. The summed E-state index contributed by atoms with van der Waals surface area (Å²) in [5.74, 6) is 0.405. The molecule has 114 valence electrons. The zero-order valence-electron chi connectivity index (χ0n) is 13.1. The molecule has 1 rings (SSSR count). The van der Waals surface area contributed by atoms with Gasteiger partial charge in [-0.3, -0.25) is 9.80 Å². The van der Waals surface area contributed by atoms with Crippen LogP contribution in [0.5, 0.6) is 0 Å². The largest absolute Gasteiger partial charge is 0.377 e. The van der Waals surface area contributed by atoms with E-state index in [1.54, 1.807) is 0 Å². The third kappa shape index (κ3) is 7.23. The van der Waals surface area contributed by atoms with Crippen molar-refractivity contribution in [2.75, 3.05) is 45.9 Å². The molecule has 0 aromatic rings. The topological polar surface area (TPSA) is 15.7 Å². The van der Waals surface area contributed by atoms with Crippen LogP contribution in [-0.4, -0.2) is 68.0 Å². The lowest BCUT2D eigenvalue weighted by atomic mass is 10.1. The third-order valence-corrected chi connectivity index (χ3v) is 3.71. The minimum atomic E-state index is -0.808. The molecule has 0 unspecified atom stereocenters. The van der Waals surface area contributed by atoms with E-state index in [1.807, 2.05) is 13.8 Å². The molecule has 0 saturated carbocycles. The Bertz CT molecular complexity index is 228. The quantitative estimate of drug-likeness (QED) is 0.632. The summed E-state index contributed by atoms with van der Waals surface area (Å²) in [7, 11) is 0. The van der Waals surface area contributed by atoms with Crippen LogP contribution in [0.25, 0.3) is 0 Å². The van der Waals surface area contributed by atoms with Crippen molar-refractivity contribution in [3.8, 4) is 0 Å². The molecule has 1 aliphatic rings. The van der Waals surface area contributed by atoms with E-state index in [9.17, 15) is 4.39 Å². The molecule has 0 N–H and O–H groups in total. The fourth-order valence-electron chi connectivity index (χ4n) is 2.49. The number of rotatable bonds is 8. The normalized spacial score (nSPS) is 20.4. The second kappa shape index (κ2) is 8.88. The maximum Gasteiger partial charge on any atom is 0.124 e. The van der Waals surface area contributed by atoms with Crippen LogP contribution in [0.15, 0.2) is 0 Å². The van der Waals surface area contributed by atoms with Gasteiger partial charge in [0.25, 0.3) is 0 Å². The standard InChI is InChI=1S/C15H31FN2O/c1-13(2)11-15(16)12-19-10-9-17-5-7-18(8-6-17)14(3)4/h13-15H,5-12H2,1-4H3/t15-/m1/s1. The molecule has 1 atom stereocenters. The highest BCUT2D eigenvalue weighted by Crippen LogP contribution is 2.09. The van der Waals surface area contributed by atoms with Gasteiger partial charge in [0.05, 0.1) is 13.2 Å². The van der Waals surface area contributed by atoms with Crippen LogP contribution in [0.4, 0.5) is 4.39 Å². The van der Waals surface area contributed by atoms with E-state index in [2.05, 4.69) is 23.6 Å². The highest BCUT2D eigenvalue weighted by molar-refractivity contribution is 4.74. The number of ether oxygens (including phenoxy) is 1. The van der Waals surface area contributed by atoms with E-state index in [1.165, 1.54) is 0 Å². The van der Waals surface area contributed by atoms with Gasteiger partial charge < -0.3 is 4.74 Å². The molecule has 1 aliphatic heterocycles. The van der Waals surface area contributed by atoms with E-state index >= 15 is 0 Å². The molecule has 1 heterocycles. The van der Waals surface area contributed by atoms with E-state index < -0.39 is 6.17 Å². The molecule has 3 nitrogen and oxygen atoms in total. The van der Waals surface area contributed by atoms with E-state index in [4.69, 9.17) is 4.74 Å². The monoisotopic (exact) mass is 274 g/mol. The van der Waals surface area contributed by atoms with Gasteiger partial charge in [-0.1, -0.05) is 13.8 Å². The highest BCUT2D eigenvalue weighted by atomic mass is 19.1. The van der Waals surface area contributed by atoms with Crippen LogP contribution >= 0.6 is 0 Å². The van der Waals surface area contributed by atoms with Gasteiger partial charge in [-0.2, -0.15) is 0 Å². The summed E-state index contributed by atoms with van der Waals surface area (Å²) < 4.78 is 18.9. The lowest BCUT2D eigenvalue weighted by Gasteiger charge is -2.36. The molecule has 0 aliphatic carbocycles. The van der Waals surface area contributed by atoms with Crippen LogP contribution in [0, 0.1) is 5.92 Å². The molecule has 0 aromatic carbocycles. The van der Waals surface area contributed by atoms with Crippen molar-refractivity contribution in [2.45, 2.75) is 46.3 Å². The number of hydrogen-bond acceptors (Lipinski definition) is 3. The van der Waals surface area contributed by atoms with E-state index in [0.29, 0.717) is 25.0 Å². The maximum absolute atomic E-state index is 13.4. The molecule has 1 saturated heterocycles. The van der Waals surface area contributed by atoms with Crippen LogP contribution in [0.3, 0.4) is 0 Å². The van der Waals surface area contributed by atoms with Crippen molar-refractivity contribution >= 4 is 0 Å². The number of hydrogen-bond donors (Lipinski definition) is 0. The van der Waals surface area contributed by atoms with Gasteiger partial charge in [0.2, 0.25) is 0 Å². The minimum Gasteiger partial charge on any atom is -0.377 e. The Morgan fingerprint density at radius 1 is 1.05 bits per heavy atom. The van der Waals surface area contributed by atoms with Crippen LogP contribution < -0.4 is 0 Å². The van der Waals surface area contributed by atoms with Crippen molar-refractivity contribution in [2.24, 2.45) is 5.92 Å². The number of piperazine rings is 1. The average Bonchev–Trinajstić information content (AvgIpc) is 2.34. The Morgan fingerprint density at radius 2 is 1.68 bits per heavy atom. The van der Waals surface area contributed by atoms with E-state index in [-0.39, 0.29) is 6.61 Å². The Hall–Kier alpha value is -0.190. The Morgan fingerprint density at radius 3 is 2.21 bits per heavy atom. The van der Waals surface area contributed by atoms with Crippen molar-refractivity contribution in [3.05, 3.63) is 0 Å². The first-order valence-electron chi connectivity index (χ1n) is 7.67. The Balaban J connectivity index is 2.02. The summed E-state index contributed by atoms with van der Waals surface area (Å²) in [6, 6.07) is 0.640. The van der Waals surface area contributed by atoms with Gasteiger partial charge in [-0.15, -0.1) is 0 Å². The molecule has 0 bridgehead atoms.